The molecule has 3 aromatic heterocycles. The Morgan fingerprint density at radius 3 is 2.40 bits per heavy atom. The highest BCUT2D eigenvalue weighted by molar-refractivity contribution is 5.73. The number of carboxylic acids is 1. The molecule has 1 fully saturated rings. The molecule has 0 unspecified atom stereocenters. The Balaban J connectivity index is 0.000000472. The van der Waals surface area contributed by atoms with Crippen molar-refractivity contribution in [3.05, 3.63) is 79.3 Å². The normalized spacial score (nSPS) is 13.3. The van der Waals surface area contributed by atoms with Gasteiger partial charge in [-0.1, -0.05) is 0 Å². The molecule has 43 heavy (non-hydrogen) atoms. The van der Waals surface area contributed by atoms with Crippen LogP contribution in [0.25, 0.3) is 28.1 Å². The van der Waals surface area contributed by atoms with Crippen LogP contribution in [0.5, 0.6) is 0 Å². The number of aliphatic carboxylic acids is 1. The molecule has 222 valence electrons. The van der Waals surface area contributed by atoms with Crippen molar-refractivity contribution in [2.75, 3.05) is 36.5 Å². The standard InChI is InChI=1S/C25H22FN9O.C2HF3O2/c26-20-12-17(19-14-29-30-15-19)11-18(13-20)23-5-6-27-24(32-23)31-21-1-3-22(4-2-21)35-16-28-25(33-35)34-7-9-36-10-8-34;3-2(4,5)1(6)7/h1-6,11-16H,7-10H2,(H,29,30)(H,27,31,32);(H,6,7). The Morgan fingerprint density at radius 1 is 1.00 bits per heavy atom. The van der Waals surface area contributed by atoms with Gasteiger partial charge in [-0.05, 0) is 54.1 Å². The number of nitrogens with one attached hydrogen (secondary N) is 2. The summed E-state index contributed by atoms with van der Waals surface area (Å²) in [6, 6.07) is 14.3. The Labute approximate surface area is 241 Å². The lowest BCUT2D eigenvalue weighted by Crippen LogP contribution is -2.37. The zero-order valence-corrected chi connectivity index (χ0v) is 22.2. The molecule has 3 N–H and O–H groups in total. The molecule has 0 saturated carbocycles. The minimum atomic E-state index is -5.08. The van der Waals surface area contributed by atoms with Crippen molar-refractivity contribution in [1.82, 2.24) is 34.9 Å². The summed E-state index contributed by atoms with van der Waals surface area (Å²) in [7, 11) is 0. The van der Waals surface area contributed by atoms with Gasteiger partial charge in [0.25, 0.3) is 0 Å². The molecule has 1 aliphatic rings. The van der Waals surface area contributed by atoms with Crippen molar-refractivity contribution < 1.29 is 32.2 Å². The van der Waals surface area contributed by atoms with Crippen LogP contribution in [0.3, 0.4) is 0 Å². The van der Waals surface area contributed by atoms with E-state index in [4.69, 9.17) is 14.6 Å². The van der Waals surface area contributed by atoms with Crippen LogP contribution in [0.2, 0.25) is 0 Å². The van der Waals surface area contributed by atoms with Gasteiger partial charge in [-0.25, -0.2) is 23.8 Å². The van der Waals surface area contributed by atoms with Crippen molar-refractivity contribution in [3.63, 3.8) is 0 Å². The molecule has 0 amide bonds. The molecule has 0 radical (unpaired) electrons. The van der Waals surface area contributed by atoms with Gasteiger partial charge in [0.2, 0.25) is 11.9 Å². The summed E-state index contributed by atoms with van der Waals surface area (Å²) < 4.78 is 53.2. The number of rotatable bonds is 6. The highest BCUT2D eigenvalue weighted by Crippen LogP contribution is 2.27. The van der Waals surface area contributed by atoms with E-state index in [1.165, 1.54) is 12.1 Å². The fourth-order valence-electron chi connectivity index (χ4n) is 4.01. The van der Waals surface area contributed by atoms with E-state index < -0.39 is 12.1 Å². The molecule has 0 bridgehead atoms. The van der Waals surface area contributed by atoms with E-state index in [1.807, 2.05) is 30.3 Å². The molecule has 5 aromatic rings. The number of hydrogen-bond acceptors (Lipinski definition) is 9. The van der Waals surface area contributed by atoms with Crippen LogP contribution in [0.15, 0.2) is 73.4 Å². The zero-order valence-electron chi connectivity index (χ0n) is 22.2. The predicted molar refractivity (Wildman–Crippen MR) is 146 cm³/mol. The third-order valence-electron chi connectivity index (χ3n) is 6.08. The van der Waals surface area contributed by atoms with E-state index >= 15 is 0 Å². The van der Waals surface area contributed by atoms with Gasteiger partial charge >= 0.3 is 12.1 Å². The maximum Gasteiger partial charge on any atom is 0.490 e. The third kappa shape index (κ3) is 7.48. The summed E-state index contributed by atoms with van der Waals surface area (Å²) >= 11 is 0. The van der Waals surface area contributed by atoms with E-state index in [-0.39, 0.29) is 5.82 Å². The van der Waals surface area contributed by atoms with Crippen LogP contribution in [-0.4, -0.2) is 78.5 Å². The Morgan fingerprint density at radius 2 is 1.72 bits per heavy atom. The number of morpholine rings is 1. The Kier molecular flexibility index (Phi) is 8.56. The first-order valence-electron chi connectivity index (χ1n) is 12.7. The fourth-order valence-corrected chi connectivity index (χ4v) is 4.01. The summed E-state index contributed by atoms with van der Waals surface area (Å²) in [5.41, 5.74) is 4.46. The average Bonchev–Trinajstić information content (AvgIpc) is 3.71. The van der Waals surface area contributed by atoms with Crippen LogP contribution in [0.1, 0.15) is 0 Å². The van der Waals surface area contributed by atoms with E-state index in [9.17, 15) is 17.6 Å². The van der Waals surface area contributed by atoms with Crippen molar-refractivity contribution in [2.45, 2.75) is 6.18 Å². The smallest absolute Gasteiger partial charge is 0.475 e. The van der Waals surface area contributed by atoms with Gasteiger partial charge in [0.15, 0.2) is 0 Å². The van der Waals surface area contributed by atoms with Gasteiger partial charge in [0, 0.05) is 42.3 Å². The van der Waals surface area contributed by atoms with Gasteiger partial charge in [0.05, 0.1) is 30.8 Å². The number of carbonyl (C=O) groups is 1. The van der Waals surface area contributed by atoms with Crippen molar-refractivity contribution in [3.8, 4) is 28.1 Å². The monoisotopic (exact) mass is 597 g/mol. The SMILES string of the molecule is Fc1cc(-c2cn[nH]c2)cc(-c2ccnc(Nc3ccc(-n4cnc(N5CCOCC5)n4)cc3)n2)c1.O=C(O)C(F)(F)F. The number of H-pyrrole nitrogens is 1. The molecular formula is C27H23F4N9O3. The van der Waals surface area contributed by atoms with Crippen molar-refractivity contribution >= 4 is 23.6 Å². The maximum atomic E-state index is 14.3. The summed E-state index contributed by atoms with van der Waals surface area (Å²) in [5.74, 6) is -2.01. The minimum absolute atomic E-state index is 0.350. The molecule has 6 rings (SSSR count). The van der Waals surface area contributed by atoms with Crippen LogP contribution < -0.4 is 10.2 Å². The number of benzene rings is 2. The van der Waals surface area contributed by atoms with Crippen molar-refractivity contribution in [1.29, 1.82) is 0 Å². The Bertz CT molecular complexity index is 1670. The molecule has 12 nitrogen and oxygen atoms in total. The first kappa shape index (κ1) is 29.1. The van der Waals surface area contributed by atoms with Gasteiger partial charge < -0.3 is 20.1 Å². The second-order valence-corrected chi connectivity index (χ2v) is 9.04. The van der Waals surface area contributed by atoms with E-state index in [0.717, 1.165) is 30.0 Å². The molecule has 1 saturated heterocycles. The van der Waals surface area contributed by atoms with Crippen LogP contribution in [-0.2, 0) is 9.53 Å². The number of halogens is 4. The van der Waals surface area contributed by atoms with Crippen molar-refractivity contribution in [2.24, 2.45) is 0 Å². The fraction of sp³-hybridized carbons (Fsp3) is 0.185. The highest BCUT2D eigenvalue weighted by atomic mass is 19.4. The van der Waals surface area contributed by atoms with E-state index in [2.05, 4.69) is 40.5 Å². The molecular weight excluding hydrogens is 574 g/mol. The van der Waals surface area contributed by atoms with E-state index in [0.29, 0.717) is 41.9 Å². The summed E-state index contributed by atoms with van der Waals surface area (Å²) in [6.45, 7) is 2.93. The summed E-state index contributed by atoms with van der Waals surface area (Å²) in [5, 5.41) is 21.6. The van der Waals surface area contributed by atoms with Crippen LogP contribution >= 0.6 is 0 Å². The van der Waals surface area contributed by atoms with Gasteiger partial charge in [0.1, 0.15) is 12.1 Å². The molecule has 2 aromatic carbocycles. The van der Waals surface area contributed by atoms with Gasteiger partial charge in [-0.2, -0.15) is 23.3 Å². The lowest BCUT2D eigenvalue weighted by Gasteiger charge is -2.25. The predicted octanol–water partition coefficient (Wildman–Crippen LogP) is 4.47. The Hall–Kier alpha value is -5.38. The summed E-state index contributed by atoms with van der Waals surface area (Å²) in [6.07, 6.45) is 1.64. The number of ether oxygens (including phenoxy) is 1. The number of aromatic nitrogens is 7. The maximum absolute atomic E-state index is 14.3. The largest absolute Gasteiger partial charge is 0.490 e. The molecule has 4 heterocycles. The second-order valence-electron chi connectivity index (χ2n) is 9.04. The minimum Gasteiger partial charge on any atom is -0.475 e. The second kappa shape index (κ2) is 12.6. The van der Waals surface area contributed by atoms with Gasteiger partial charge in [-0.15, -0.1) is 5.10 Å². The number of carboxylic acid groups (broad SMARTS) is 1. The number of nitrogens with zero attached hydrogens (tertiary/aromatic N) is 7. The van der Waals surface area contributed by atoms with Crippen LogP contribution in [0, 0.1) is 5.82 Å². The number of anilines is 3. The molecule has 16 heteroatoms. The quantitative estimate of drug-likeness (QED) is 0.240. The van der Waals surface area contributed by atoms with Crippen LogP contribution in [0.4, 0.5) is 35.1 Å². The molecule has 0 atom stereocenters. The summed E-state index contributed by atoms with van der Waals surface area (Å²) in [4.78, 5) is 24.3. The molecule has 0 spiro atoms. The number of hydrogen-bond donors (Lipinski definition) is 3. The number of alkyl halides is 3. The molecule has 1 aliphatic heterocycles. The van der Waals surface area contributed by atoms with E-state index in [1.54, 1.807) is 35.7 Å². The first-order chi connectivity index (χ1) is 20.7. The molecule has 0 aliphatic carbocycles. The zero-order chi connectivity index (χ0) is 30.4. The lowest BCUT2D eigenvalue weighted by molar-refractivity contribution is -0.192. The highest BCUT2D eigenvalue weighted by Gasteiger charge is 2.38. The third-order valence-corrected chi connectivity index (χ3v) is 6.08. The number of aromatic amines is 1. The van der Waals surface area contributed by atoms with Gasteiger partial charge in [-0.3, -0.25) is 5.10 Å². The lowest BCUT2D eigenvalue weighted by atomic mass is 10.0. The first-order valence-corrected chi connectivity index (χ1v) is 12.7. The topological polar surface area (TPSA) is 147 Å². The average molecular weight is 598 g/mol.